The highest BCUT2D eigenvalue weighted by Gasteiger charge is 2.33. The number of benzene rings is 1. The van der Waals surface area contributed by atoms with E-state index < -0.39 is 11.8 Å². The number of methoxy groups -OCH3 is 1. The Hall–Kier alpha value is -1.62. The predicted molar refractivity (Wildman–Crippen MR) is 94.7 cm³/mol. The fourth-order valence-electron chi connectivity index (χ4n) is 3.48. The summed E-state index contributed by atoms with van der Waals surface area (Å²) in [6.45, 7) is 8.52. The van der Waals surface area contributed by atoms with Crippen LogP contribution in [0.25, 0.3) is 0 Å². The van der Waals surface area contributed by atoms with Crippen LogP contribution in [0.5, 0.6) is 5.75 Å². The molecule has 0 amide bonds. The first-order valence-electron chi connectivity index (χ1n) is 9.13. The second-order valence-corrected chi connectivity index (χ2v) is 8.13. The third-order valence-corrected chi connectivity index (χ3v) is 5.14. The fourth-order valence-corrected chi connectivity index (χ4v) is 3.48. The van der Waals surface area contributed by atoms with Gasteiger partial charge in [0.2, 0.25) is 0 Å². The molecule has 3 rings (SSSR count). The third kappa shape index (κ3) is 4.14. The molecule has 1 saturated heterocycles. The van der Waals surface area contributed by atoms with E-state index in [9.17, 15) is 9.18 Å². The monoisotopic (exact) mass is 349 g/mol. The lowest BCUT2D eigenvalue weighted by atomic mass is 9.99. The van der Waals surface area contributed by atoms with E-state index in [-0.39, 0.29) is 17.2 Å². The molecule has 1 heterocycles. The molecule has 4 nitrogen and oxygen atoms in total. The summed E-state index contributed by atoms with van der Waals surface area (Å²) < 4.78 is 25.3. The van der Waals surface area contributed by atoms with E-state index in [1.165, 1.54) is 13.2 Å². The maximum absolute atomic E-state index is 14.4. The molecule has 0 bridgehead atoms. The molecule has 0 aromatic heterocycles. The van der Waals surface area contributed by atoms with Gasteiger partial charge < -0.3 is 9.47 Å². The Kier molecular flexibility index (Phi) is 5.05. The summed E-state index contributed by atoms with van der Waals surface area (Å²) in [6, 6.07) is 2.99. The smallest absolute Gasteiger partial charge is 0.340 e. The van der Waals surface area contributed by atoms with Crippen molar-refractivity contribution in [1.82, 2.24) is 4.90 Å². The summed E-state index contributed by atoms with van der Waals surface area (Å²) in [5, 5.41) is 0. The molecule has 138 valence electrons. The van der Waals surface area contributed by atoms with Gasteiger partial charge in [0.1, 0.15) is 17.7 Å². The first kappa shape index (κ1) is 18.2. The maximum Gasteiger partial charge on any atom is 0.340 e. The first-order valence-corrected chi connectivity index (χ1v) is 9.13. The summed E-state index contributed by atoms with van der Waals surface area (Å²) in [7, 11) is 1.27. The minimum Gasteiger partial charge on any atom is -0.489 e. The van der Waals surface area contributed by atoms with Crippen molar-refractivity contribution in [3.8, 4) is 5.75 Å². The Labute approximate surface area is 149 Å². The van der Waals surface area contributed by atoms with Crippen LogP contribution in [0.15, 0.2) is 12.1 Å². The van der Waals surface area contributed by atoms with Gasteiger partial charge in [0.25, 0.3) is 0 Å². The van der Waals surface area contributed by atoms with Crippen LogP contribution in [0.1, 0.15) is 68.3 Å². The normalized spacial score (nSPS) is 21.9. The Bertz CT molecular complexity index is 649. The average Bonchev–Trinajstić information content (AvgIpc) is 3.39. The quantitative estimate of drug-likeness (QED) is 0.766. The zero-order valence-electron chi connectivity index (χ0n) is 15.6. The van der Waals surface area contributed by atoms with Crippen molar-refractivity contribution < 1.29 is 18.7 Å². The van der Waals surface area contributed by atoms with Crippen molar-refractivity contribution in [1.29, 1.82) is 0 Å². The molecule has 5 heteroatoms. The van der Waals surface area contributed by atoms with Gasteiger partial charge in [-0.1, -0.05) is 0 Å². The van der Waals surface area contributed by atoms with Crippen molar-refractivity contribution in [2.45, 2.75) is 64.0 Å². The first-order chi connectivity index (χ1) is 11.8. The third-order valence-electron chi connectivity index (χ3n) is 5.14. The van der Waals surface area contributed by atoms with E-state index in [0.717, 1.165) is 44.3 Å². The van der Waals surface area contributed by atoms with Crippen LogP contribution in [-0.2, 0) is 4.74 Å². The molecule has 1 aliphatic heterocycles. The van der Waals surface area contributed by atoms with E-state index in [1.807, 2.05) is 0 Å². The fraction of sp³-hybridized carbons (Fsp3) is 0.650. The lowest BCUT2D eigenvalue weighted by Crippen LogP contribution is -2.50. The number of hydrogen-bond donors (Lipinski definition) is 0. The van der Waals surface area contributed by atoms with Crippen LogP contribution in [-0.4, -0.2) is 42.7 Å². The molecular weight excluding hydrogens is 321 g/mol. The van der Waals surface area contributed by atoms with Crippen LogP contribution >= 0.6 is 0 Å². The Morgan fingerprint density at radius 3 is 2.56 bits per heavy atom. The topological polar surface area (TPSA) is 38.8 Å². The number of ether oxygens (including phenoxy) is 2. The maximum atomic E-state index is 14.4. The summed E-state index contributed by atoms with van der Waals surface area (Å²) in [5.41, 5.74) is 1.04. The molecule has 1 aromatic carbocycles. The Balaban J connectivity index is 1.82. The highest BCUT2D eigenvalue weighted by atomic mass is 19.1. The molecule has 2 fully saturated rings. The Morgan fingerprint density at radius 2 is 1.96 bits per heavy atom. The largest absolute Gasteiger partial charge is 0.489 e. The van der Waals surface area contributed by atoms with Gasteiger partial charge in [-0.25, -0.2) is 9.18 Å². The number of nitrogens with zero attached hydrogens (tertiary/aromatic N) is 1. The zero-order valence-corrected chi connectivity index (χ0v) is 15.6. The molecule has 1 aromatic rings. The number of carbonyl (C=O) groups is 1. The highest BCUT2D eigenvalue weighted by Crippen LogP contribution is 2.45. The molecule has 0 N–H and O–H groups in total. The minimum absolute atomic E-state index is 0.00304. The van der Waals surface area contributed by atoms with Gasteiger partial charge in [-0.3, -0.25) is 4.90 Å². The predicted octanol–water partition coefficient (Wildman–Crippen LogP) is 4.13. The van der Waals surface area contributed by atoms with Gasteiger partial charge in [0.15, 0.2) is 0 Å². The summed E-state index contributed by atoms with van der Waals surface area (Å²) in [5.74, 6) is -0.257. The highest BCUT2D eigenvalue weighted by molar-refractivity contribution is 5.90. The van der Waals surface area contributed by atoms with E-state index in [2.05, 4.69) is 30.4 Å². The number of halogens is 1. The lowest BCUT2D eigenvalue weighted by Gasteiger charge is -2.41. The number of esters is 1. The zero-order chi connectivity index (χ0) is 18.2. The SMILES string of the molecule is COC(=O)c1cc(C2CC2)c(O[C@@H]2CCCN(C(C)(C)C)C2)cc1F. The molecule has 0 unspecified atom stereocenters. The van der Waals surface area contributed by atoms with Crippen molar-refractivity contribution in [2.24, 2.45) is 0 Å². The standard InChI is InChI=1S/C20H28FNO3/c1-20(2,3)22-9-5-6-14(12-22)25-18-11-17(21)16(19(23)24-4)10-15(18)13-7-8-13/h10-11,13-14H,5-9,12H2,1-4H3/t14-/m1/s1. The minimum atomic E-state index is -0.637. The van der Waals surface area contributed by atoms with E-state index >= 15 is 0 Å². The summed E-state index contributed by atoms with van der Waals surface area (Å²) in [6.07, 6.45) is 4.21. The van der Waals surface area contributed by atoms with Crippen LogP contribution < -0.4 is 4.74 Å². The van der Waals surface area contributed by atoms with Crippen LogP contribution in [0.2, 0.25) is 0 Å². The lowest BCUT2D eigenvalue weighted by molar-refractivity contribution is 0.0340. The Morgan fingerprint density at radius 1 is 1.24 bits per heavy atom. The van der Waals surface area contributed by atoms with Gasteiger partial charge in [0, 0.05) is 18.2 Å². The number of hydrogen-bond acceptors (Lipinski definition) is 4. The van der Waals surface area contributed by atoms with Crippen LogP contribution in [0.3, 0.4) is 0 Å². The molecule has 1 atom stereocenters. The van der Waals surface area contributed by atoms with Gasteiger partial charge >= 0.3 is 5.97 Å². The van der Waals surface area contributed by atoms with Gasteiger partial charge in [-0.2, -0.15) is 0 Å². The molecule has 25 heavy (non-hydrogen) atoms. The summed E-state index contributed by atoms with van der Waals surface area (Å²) in [4.78, 5) is 14.2. The van der Waals surface area contributed by atoms with Gasteiger partial charge in [0.05, 0.1) is 12.7 Å². The van der Waals surface area contributed by atoms with Crippen molar-refractivity contribution in [2.75, 3.05) is 20.2 Å². The van der Waals surface area contributed by atoms with Crippen molar-refractivity contribution >= 4 is 5.97 Å². The van der Waals surface area contributed by atoms with E-state index in [4.69, 9.17) is 4.74 Å². The second-order valence-electron chi connectivity index (χ2n) is 8.13. The van der Waals surface area contributed by atoms with Crippen molar-refractivity contribution in [3.05, 3.63) is 29.1 Å². The molecule has 1 aliphatic carbocycles. The number of rotatable bonds is 4. The summed E-state index contributed by atoms with van der Waals surface area (Å²) >= 11 is 0. The molecule has 0 radical (unpaired) electrons. The van der Waals surface area contributed by atoms with E-state index in [0.29, 0.717) is 11.7 Å². The molecular formula is C20H28FNO3. The van der Waals surface area contributed by atoms with Gasteiger partial charge in [-0.05, 0) is 70.5 Å². The molecule has 0 spiro atoms. The van der Waals surface area contributed by atoms with Crippen LogP contribution in [0.4, 0.5) is 4.39 Å². The van der Waals surface area contributed by atoms with E-state index in [1.54, 1.807) is 6.07 Å². The number of piperidine rings is 1. The van der Waals surface area contributed by atoms with Crippen LogP contribution in [0, 0.1) is 5.82 Å². The van der Waals surface area contributed by atoms with Crippen molar-refractivity contribution in [3.63, 3.8) is 0 Å². The second kappa shape index (κ2) is 6.94. The number of carbonyl (C=O) groups excluding carboxylic acids is 1. The van der Waals surface area contributed by atoms with Gasteiger partial charge in [-0.15, -0.1) is 0 Å². The molecule has 2 aliphatic rings. The average molecular weight is 349 g/mol. The number of likely N-dealkylation sites (tertiary alicyclic amines) is 1. The molecule has 1 saturated carbocycles.